The Morgan fingerprint density at radius 2 is 1.79 bits per heavy atom. The van der Waals surface area contributed by atoms with Crippen LogP contribution in [0.4, 0.5) is 5.69 Å². The lowest BCUT2D eigenvalue weighted by atomic mass is 10.1. The number of rotatable bonds is 4. The number of nitrogens with zero attached hydrogens (tertiary/aromatic N) is 2. The van der Waals surface area contributed by atoms with Crippen molar-refractivity contribution in [2.24, 2.45) is 0 Å². The fourth-order valence-corrected chi connectivity index (χ4v) is 4.81. The minimum atomic E-state index is -3.94. The second-order valence-corrected chi connectivity index (χ2v) is 8.69. The van der Waals surface area contributed by atoms with Crippen molar-refractivity contribution in [3.05, 3.63) is 82.6 Å². The number of anilines is 1. The van der Waals surface area contributed by atoms with E-state index in [4.69, 9.17) is 23.2 Å². The molecule has 2 aromatic heterocycles. The topological polar surface area (TPSA) is 63.5 Å². The maximum absolute atomic E-state index is 12.9. The van der Waals surface area contributed by atoms with Crippen molar-refractivity contribution in [3.8, 4) is 11.3 Å². The van der Waals surface area contributed by atoms with Gasteiger partial charge in [0, 0.05) is 18.0 Å². The maximum atomic E-state index is 12.9. The number of benzene rings is 2. The Bertz CT molecular complexity index is 1300. The van der Waals surface area contributed by atoms with Crippen molar-refractivity contribution < 1.29 is 8.42 Å². The Kier molecular flexibility index (Phi) is 4.79. The second-order valence-electron chi connectivity index (χ2n) is 6.25. The average molecular weight is 432 g/mol. The standard InChI is InChI=1S/C20H15Cl2N3O2S/c1-13-6-5-11-25-12-17(23-20(13)25)14-7-2-3-9-16(14)24-28(26,27)18-10-4-8-15(21)19(18)22/h2-12,24H,1H3. The monoisotopic (exact) mass is 431 g/mol. The van der Waals surface area contributed by atoms with Gasteiger partial charge in [-0.25, -0.2) is 13.4 Å². The summed E-state index contributed by atoms with van der Waals surface area (Å²) >= 11 is 12.1. The molecule has 0 aliphatic carbocycles. The molecule has 0 unspecified atom stereocenters. The van der Waals surface area contributed by atoms with Crippen molar-refractivity contribution in [1.82, 2.24) is 9.38 Å². The molecule has 0 radical (unpaired) electrons. The van der Waals surface area contributed by atoms with E-state index in [9.17, 15) is 8.42 Å². The Hall–Kier alpha value is -2.54. The first-order valence-electron chi connectivity index (χ1n) is 8.37. The van der Waals surface area contributed by atoms with E-state index in [1.165, 1.54) is 12.1 Å². The predicted octanol–water partition coefficient (Wildman–Crippen LogP) is 5.42. The SMILES string of the molecule is Cc1cccn2cc(-c3ccccc3NS(=O)(=O)c3cccc(Cl)c3Cl)nc12. The molecule has 28 heavy (non-hydrogen) atoms. The summed E-state index contributed by atoms with van der Waals surface area (Å²) in [7, 11) is -3.94. The van der Waals surface area contributed by atoms with Crippen LogP contribution < -0.4 is 4.72 Å². The van der Waals surface area contributed by atoms with Gasteiger partial charge < -0.3 is 4.40 Å². The number of pyridine rings is 1. The lowest BCUT2D eigenvalue weighted by Crippen LogP contribution is -2.14. The number of imidazole rings is 1. The summed E-state index contributed by atoms with van der Waals surface area (Å²) in [4.78, 5) is 4.58. The van der Waals surface area contributed by atoms with Gasteiger partial charge >= 0.3 is 0 Å². The van der Waals surface area contributed by atoms with Crippen LogP contribution in [0, 0.1) is 6.92 Å². The van der Waals surface area contributed by atoms with Crippen LogP contribution in [0.1, 0.15) is 5.56 Å². The first-order chi connectivity index (χ1) is 13.4. The van der Waals surface area contributed by atoms with Crippen LogP contribution >= 0.6 is 23.2 Å². The number of sulfonamides is 1. The molecule has 4 rings (SSSR count). The minimum Gasteiger partial charge on any atom is -0.306 e. The largest absolute Gasteiger partial charge is 0.306 e. The highest BCUT2D eigenvalue weighted by Crippen LogP contribution is 2.33. The summed E-state index contributed by atoms with van der Waals surface area (Å²) in [5.41, 5.74) is 3.56. The Labute approximate surface area is 172 Å². The molecule has 0 saturated carbocycles. The second kappa shape index (κ2) is 7.13. The van der Waals surface area contributed by atoms with Crippen LogP contribution in [0.3, 0.4) is 0 Å². The van der Waals surface area contributed by atoms with E-state index in [1.807, 2.05) is 48.0 Å². The fourth-order valence-electron chi connectivity index (χ4n) is 2.97. The smallest absolute Gasteiger partial charge is 0.263 e. The molecule has 0 saturated heterocycles. The fraction of sp³-hybridized carbons (Fsp3) is 0.0500. The third kappa shape index (κ3) is 3.35. The van der Waals surface area contributed by atoms with Crippen LogP contribution in [0.2, 0.25) is 10.0 Å². The molecule has 0 bridgehead atoms. The van der Waals surface area contributed by atoms with Gasteiger partial charge in [0.05, 0.1) is 21.4 Å². The summed E-state index contributed by atoms with van der Waals surface area (Å²) in [5, 5.41) is 0.158. The van der Waals surface area contributed by atoms with E-state index >= 15 is 0 Å². The first-order valence-corrected chi connectivity index (χ1v) is 10.6. The Morgan fingerprint density at radius 3 is 2.57 bits per heavy atom. The van der Waals surface area contributed by atoms with E-state index < -0.39 is 10.0 Å². The summed E-state index contributed by atoms with van der Waals surface area (Å²) in [5.74, 6) is 0. The molecular formula is C20H15Cl2N3O2S. The van der Waals surface area contributed by atoms with Crippen molar-refractivity contribution in [2.45, 2.75) is 11.8 Å². The summed E-state index contributed by atoms with van der Waals surface area (Å²) < 4.78 is 30.3. The molecule has 0 aliphatic heterocycles. The molecule has 0 spiro atoms. The molecule has 0 amide bonds. The highest BCUT2D eigenvalue weighted by Gasteiger charge is 2.21. The van der Waals surface area contributed by atoms with Gasteiger partial charge in [-0.05, 0) is 36.8 Å². The van der Waals surface area contributed by atoms with Crippen LogP contribution in [-0.4, -0.2) is 17.8 Å². The van der Waals surface area contributed by atoms with Crippen LogP contribution in [0.25, 0.3) is 16.9 Å². The molecule has 2 heterocycles. The number of fused-ring (bicyclic) bond motifs is 1. The lowest BCUT2D eigenvalue weighted by molar-refractivity contribution is 0.601. The van der Waals surface area contributed by atoms with Crippen molar-refractivity contribution in [1.29, 1.82) is 0 Å². The normalized spacial score (nSPS) is 11.7. The molecule has 0 fully saturated rings. The predicted molar refractivity (Wildman–Crippen MR) is 113 cm³/mol. The van der Waals surface area contributed by atoms with E-state index in [0.29, 0.717) is 16.9 Å². The summed E-state index contributed by atoms with van der Waals surface area (Å²) in [6, 6.07) is 15.5. The van der Waals surface area contributed by atoms with E-state index in [1.54, 1.807) is 18.2 Å². The van der Waals surface area contributed by atoms with Gasteiger partial charge in [0.1, 0.15) is 10.5 Å². The highest BCUT2D eigenvalue weighted by molar-refractivity contribution is 7.92. The lowest BCUT2D eigenvalue weighted by Gasteiger charge is -2.13. The van der Waals surface area contributed by atoms with Crippen LogP contribution in [-0.2, 0) is 10.0 Å². The number of hydrogen-bond donors (Lipinski definition) is 1. The molecule has 142 valence electrons. The first kappa shape index (κ1) is 18.8. The zero-order valence-corrected chi connectivity index (χ0v) is 17.1. The van der Waals surface area contributed by atoms with Crippen LogP contribution in [0.5, 0.6) is 0 Å². The molecular weight excluding hydrogens is 417 g/mol. The number of aromatic nitrogens is 2. The van der Waals surface area contributed by atoms with Crippen molar-refractivity contribution in [3.63, 3.8) is 0 Å². The molecule has 5 nitrogen and oxygen atoms in total. The molecule has 8 heteroatoms. The molecule has 2 aromatic carbocycles. The zero-order chi connectivity index (χ0) is 19.9. The Morgan fingerprint density at radius 1 is 1.00 bits per heavy atom. The van der Waals surface area contributed by atoms with Crippen molar-refractivity contribution >= 4 is 44.6 Å². The quantitative estimate of drug-likeness (QED) is 0.469. The van der Waals surface area contributed by atoms with E-state index in [0.717, 1.165) is 11.2 Å². The summed E-state index contributed by atoms with van der Waals surface area (Å²) in [6.07, 6.45) is 3.76. The van der Waals surface area contributed by atoms with Gasteiger partial charge in [-0.15, -0.1) is 0 Å². The van der Waals surface area contributed by atoms with Gasteiger partial charge in [0.15, 0.2) is 0 Å². The van der Waals surface area contributed by atoms with Gasteiger partial charge in [0.25, 0.3) is 10.0 Å². The number of para-hydroxylation sites is 1. The Balaban J connectivity index is 1.80. The third-order valence-corrected chi connectivity index (χ3v) is 6.67. The zero-order valence-electron chi connectivity index (χ0n) is 14.7. The van der Waals surface area contributed by atoms with E-state index in [2.05, 4.69) is 9.71 Å². The van der Waals surface area contributed by atoms with Gasteiger partial charge in [-0.3, -0.25) is 4.72 Å². The maximum Gasteiger partial charge on any atom is 0.263 e. The van der Waals surface area contributed by atoms with Crippen molar-refractivity contribution in [2.75, 3.05) is 4.72 Å². The van der Waals surface area contributed by atoms with Gasteiger partial charge in [-0.2, -0.15) is 0 Å². The van der Waals surface area contributed by atoms with Gasteiger partial charge in [-0.1, -0.05) is 53.5 Å². The minimum absolute atomic E-state index is 0.0162. The number of aryl methyl sites for hydroxylation is 1. The number of halogens is 2. The number of hydrogen-bond acceptors (Lipinski definition) is 3. The van der Waals surface area contributed by atoms with Gasteiger partial charge in [0.2, 0.25) is 0 Å². The highest BCUT2D eigenvalue weighted by atomic mass is 35.5. The molecule has 4 aromatic rings. The van der Waals surface area contributed by atoms with Crippen LogP contribution in [0.15, 0.2) is 71.9 Å². The summed E-state index contributed by atoms with van der Waals surface area (Å²) in [6.45, 7) is 1.97. The third-order valence-electron chi connectivity index (χ3n) is 4.33. The molecule has 0 aliphatic rings. The number of nitrogens with one attached hydrogen (secondary N) is 1. The average Bonchev–Trinajstić information content (AvgIpc) is 3.09. The molecule has 0 atom stereocenters. The van der Waals surface area contributed by atoms with E-state index in [-0.39, 0.29) is 14.9 Å². The molecule has 1 N–H and O–H groups in total.